The largest absolute Gasteiger partial charge is 0.497 e. The van der Waals surface area contributed by atoms with Crippen LogP contribution in [0.4, 0.5) is 17.2 Å². The van der Waals surface area contributed by atoms with E-state index >= 15 is 0 Å². The molecule has 0 radical (unpaired) electrons. The third kappa shape index (κ3) is 4.12. The molecule has 0 aliphatic heterocycles. The van der Waals surface area contributed by atoms with Crippen LogP contribution in [0.15, 0.2) is 72.8 Å². The van der Waals surface area contributed by atoms with Crippen molar-refractivity contribution in [2.75, 3.05) is 31.5 Å². The van der Waals surface area contributed by atoms with Gasteiger partial charge in [0.25, 0.3) is 0 Å². The van der Waals surface area contributed by atoms with Crippen LogP contribution in [0.5, 0.6) is 5.75 Å². The molecule has 5 rings (SSSR count). The molecular weight excluding hydrogens is 432 g/mol. The zero-order chi connectivity index (χ0) is 23.5. The molecule has 34 heavy (non-hydrogen) atoms. The molecule has 0 fully saturated rings. The molecule has 9 heteroatoms. The van der Waals surface area contributed by atoms with E-state index in [1.54, 1.807) is 11.6 Å². The highest BCUT2D eigenvalue weighted by Gasteiger charge is 2.15. The van der Waals surface area contributed by atoms with Crippen LogP contribution in [0, 0.1) is 0 Å². The summed E-state index contributed by atoms with van der Waals surface area (Å²) in [5.74, 6) is 1.84. The molecule has 170 valence electrons. The Morgan fingerprint density at radius 3 is 2.29 bits per heavy atom. The highest BCUT2D eigenvalue weighted by Crippen LogP contribution is 2.30. The first kappa shape index (κ1) is 21.4. The Morgan fingerprint density at radius 2 is 1.59 bits per heavy atom. The van der Waals surface area contributed by atoms with E-state index in [1.165, 1.54) is 7.11 Å². The first-order valence-electron chi connectivity index (χ1n) is 10.6. The van der Waals surface area contributed by atoms with E-state index in [1.807, 2.05) is 72.8 Å². The normalized spacial score (nSPS) is 11.0. The molecule has 0 bridgehead atoms. The lowest BCUT2D eigenvalue weighted by molar-refractivity contribution is -0.119. The molecule has 0 saturated heterocycles. The van der Waals surface area contributed by atoms with Crippen molar-refractivity contribution >= 4 is 39.5 Å². The molecule has 1 amide bonds. The van der Waals surface area contributed by atoms with Gasteiger partial charge in [-0.2, -0.15) is 4.52 Å². The van der Waals surface area contributed by atoms with Gasteiger partial charge in [0.15, 0.2) is 17.3 Å². The number of rotatable bonds is 7. The number of methoxy groups -OCH3 is 2. The number of fused-ring (bicyclic) bond motifs is 3. The summed E-state index contributed by atoms with van der Waals surface area (Å²) in [6, 6.07) is 22.9. The third-order valence-electron chi connectivity index (χ3n) is 5.32. The minimum absolute atomic E-state index is 0.00535. The Hall–Kier alpha value is -4.50. The van der Waals surface area contributed by atoms with Gasteiger partial charge < -0.3 is 20.1 Å². The van der Waals surface area contributed by atoms with Crippen LogP contribution in [-0.4, -0.2) is 46.5 Å². The van der Waals surface area contributed by atoms with Crippen molar-refractivity contribution in [2.45, 2.75) is 0 Å². The summed E-state index contributed by atoms with van der Waals surface area (Å²) >= 11 is 0. The molecule has 0 aliphatic rings. The van der Waals surface area contributed by atoms with Gasteiger partial charge in [-0.3, -0.25) is 4.79 Å². The average Bonchev–Trinajstić information content (AvgIpc) is 3.29. The molecule has 0 aliphatic carbocycles. The Bertz CT molecular complexity index is 1460. The summed E-state index contributed by atoms with van der Waals surface area (Å²) in [4.78, 5) is 11.7. The molecule has 2 N–H and O–H groups in total. The van der Waals surface area contributed by atoms with E-state index in [2.05, 4.69) is 20.8 Å². The van der Waals surface area contributed by atoms with Crippen LogP contribution in [-0.2, 0) is 9.53 Å². The lowest BCUT2D eigenvalue weighted by atomic mass is 10.1. The maximum absolute atomic E-state index is 11.7. The number of carbonyl (C=O) groups is 1. The van der Waals surface area contributed by atoms with Crippen LogP contribution in [0.3, 0.4) is 0 Å². The summed E-state index contributed by atoms with van der Waals surface area (Å²) in [5, 5.41) is 21.7. The number of amides is 1. The van der Waals surface area contributed by atoms with Crippen LogP contribution in [0.25, 0.3) is 27.8 Å². The number of ether oxygens (including phenoxy) is 2. The number of aromatic nitrogens is 4. The Balaban J connectivity index is 1.53. The van der Waals surface area contributed by atoms with Crippen molar-refractivity contribution in [3.05, 3.63) is 72.8 Å². The van der Waals surface area contributed by atoms with Gasteiger partial charge in [-0.15, -0.1) is 15.3 Å². The van der Waals surface area contributed by atoms with Crippen molar-refractivity contribution in [1.82, 2.24) is 19.8 Å². The second kappa shape index (κ2) is 9.16. The van der Waals surface area contributed by atoms with E-state index in [0.717, 1.165) is 27.8 Å². The second-order valence-electron chi connectivity index (χ2n) is 7.57. The molecule has 0 saturated carbocycles. The van der Waals surface area contributed by atoms with Gasteiger partial charge in [-0.25, -0.2) is 0 Å². The van der Waals surface area contributed by atoms with Crippen molar-refractivity contribution in [3.8, 4) is 17.1 Å². The standard InChI is InChI=1S/C25H22N6O3/c1-33-15-22(32)26-17-9-11-18(12-10-17)27-23-20-5-3-4-6-21(20)25-29-28-24(31(25)30-23)16-7-13-19(34-2)14-8-16/h3-14H,15H2,1-2H3,(H,26,32)(H,27,30). The van der Waals surface area contributed by atoms with Crippen molar-refractivity contribution in [1.29, 1.82) is 0 Å². The van der Waals surface area contributed by atoms with E-state index < -0.39 is 0 Å². The van der Waals surface area contributed by atoms with Crippen LogP contribution in [0.1, 0.15) is 0 Å². The molecule has 0 spiro atoms. The molecule has 0 unspecified atom stereocenters. The Kier molecular flexibility index (Phi) is 5.75. The van der Waals surface area contributed by atoms with E-state index in [4.69, 9.17) is 14.6 Å². The molecule has 5 aromatic rings. The molecule has 2 aromatic heterocycles. The fourth-order valence-electron chi connectivity index (χ4n) is 3.70. The van der Waals surface area contributed by atoms with Gasteiger partial charge in [0.1, 0.15) is 12.4 Å². The number of anilines is 3. The van der Waals surface area contributed by atoms with E-state index in [0.29, 0.717) is 23.0 Å². The SMILES string of the molecule is COCC(=O)Nc1ccc(Nc2nn3c(-c4ccc(OC)cc4)nnc3c3ccccc23)cc1. The van der Waals surface area contributed by atoms with E-state index in [9.17, 15) is 4.79 Å². The predicted molar refractivity (Wildman–Crippen MR) is 131 cm³/mol. The minimum atomic E-state index is -0.208. The van der Waals surface area contributed by atoms with Gasteiger partial charge >= 0.3 is 0 Å². The maximum atomic E-state index is 11.7. The van der Waals surface area contributed by atoms with Gasteiger partial charge in [0.05, 0.1) is 7.11 Å². The smallest absolute Gasteiger partial charge is 0.250 e. The maximum Gasteiger partial charge on any atom is 0.250 e. The lowest BCUT2D eigenvalue weighted by Gasteiger charge is -2.11. The number of nitrogens with one attached hydrogen (secondary N) is 2. The van der Waals surface area contributed by atoms with Gasteiger partial charge in [-0.1, -0.05) is 24.3 Å². The number of carbonyl (C=O) groups excluding carboxylic acids is 1. The summed E-state index contributed by atoms with van der Waals surface area (Å²) in [6.07, 6.45) is 0. The van der Waals surface area contributed by atoms with Gasteiger partial charge in [-0.05, 0) is 48.5 Å². The first-order chi connectivity index (χ1) is 16.7. The highest BCUT2D eigenvalue weighted by molar-refractivity contribution is 6.01. The van der Waals surface area contributed by atoms with E-state index in [-0.39, 0.29) is 12.5 Å². The first-order valence-corrected chi connectivity index (χ1v) is 10.6. The van der Waals surface area contributed by atoms with Gasteiger partial charge in [0.2, 0.25) is 5.91 Å². The lowest BCUT2D eigenvalue weighted by Crippen LogP contribution is -2.16. The zero-order valence-electron chi connectivity index (χ0n) is 18.6. The summed E-state index contributed by atoms with van der Waals surface area (Å²) in [6.45, 7) is 0.00535. The monoisotopic (exact) mass is 454 g/mol. The third-order valence-corrected chi connectivity index (χ3v) is 5.32. The molecule has 2 heterocycles. The number of hydrogen-bond acceptors (Lipinski definition) is 7. The Morgan fingerprint density at radius 1 is 0.882 bits per heavy atom. The number of nitrogens with zero attached hydrogens (tertiary/aromatic N) is 4. The Labute approximate surface area is 195 Å². The van der Waals surface area contributed by atoms with Crippen LogP contribution < -0.4 is 15.4 Å². The molecule has 0 atom stereocenters. The predicted octanol–water partition coefficient (Wildman–Crippen LogP) is 4.28. The van der Waals surface area contributed by atoms with Gasteiger partial charge in [0, 0.05) is 34.8 Å². The average molecular weight is 454 g/mol. The fraction of sp³-hybridized carbons (Fsp3) is 0.120. The topological polar surface area (TPSA) is 103 Å². The van der Waals surface area contributed by atoms with Crippen LogP contribution in [0.2, 0.25) is 0 Å². The molecule has 3 aromatic carbocycles. The molecular formula is C25H22N6O3. The molecule has 9 nitrogen and oxygen atoms in total. The summed E-state index contributed by atoms with van der Waals surface area (Å²) in [5.41, 5.74) is 3.05. The van der Waals surface area contributed by atoms with Crippen molar-refractivity contribution in [2.24, 2.45) is 0 Å². The zero-order valence-corrected chi connectivity index (χ0v) is 18.6. The second-order valence-corrected chi connectivity index (χ2v) is 7.57. The fourth-order valence-corrected chi connectivity index (χ4v) is 3.70. The van der Waals surface area contributed by atoms with Crippen molar-refractivity contribution < 1.29 is 14.3 Å². The van der Waals surface area contributed by atoms with Crippen molar-refractivity contribution in [3.63, 3.8) is 0 Å². The quantitative estimate of drug-likeness (QED) is 0.378. The highest BCUT2D eigenvalue weighted by atomic mass is 16.5. The number of benzene rings is 3. The minimum Gasteiger partial charge on any atom is -0.497 e. The summed E-state index contributed by atoms with van der Waals surface area (Å²) < 4.78 is 11.9. The number of hydrogen-bond donors (Lipinski definition) is 2. The summed E-state index contributed by atoms with van der Waals surface area (Å²) in [7, 11) is 3.11. The van der Waals surface area contributed by atoms with Crippen LogP contribution >= 0.6 is 0 Å².